The molecule has 0 aliphatic rings. The summed E-state index contributed by atoms with van der Waals surface area (Å²) < 4.78 is 5.56. The third kappa shape index (κ3) is 2.70. The van der Waals surface area contributed by atoms with E-state index >= 15 is 0 Å². The van der Waals surface area contributed by atoms with E-state index in [-0.39, 0.29) is 5.92 Å². The molecule has 0 radical (unpaired) electrons. The molecule has 0 fully saturated rings. The first kappa shape index (κ1) is 14.6. The van der Waals surface area contributed by atoms with E-state index in [2.05, 4.69) is 33.6 Å². The fraction of sp³-hybridized carbons (Fsp3) is 0.278. The molecule has 2 heterocycles. The Morgan fingerprint density at radius 3 is 2.86 bits per heavy atom. The van der Waals surface area contributed by atoms with Crippen molar-refractivity contribution in [3.05, 3.63) is 60.0 Å². The number of aromatic nitrogens is 2. The molecule has 4 heteroatoms. The van der Waals surface area contributed by atoms with Crippen molar-refractivity contribution in [3.8, 4) is 5.75 Å². The number of methoxy groups -OCH3 is 1. The first-order chi connectivity index (χ1) is 10.8. The molecular weight excluding hydrogens is 274 g/mol. The van der Waals surface area contributed by atoms with Gasteiger partial charge in [0.1, 0.15) is 5.75 Å². The predicted molar refractivity (Wildman–Crippen MR) is 89.5 cm³/mol. The van der Waals surface area contributed by atoms with Crippen molar-refractivity contribution in [2.75, 3.05) is 20.7 Å². The predicted octanol–water partition coefficient (Wildman–Crippen LogP) is 3.31. The lowest BCUT2D eigenvalue weighted by Gasteiger charge is -2.17. The highest BCUT2D eigenvalue weighted by Gasteiger charge is 2.20. The number of pyridine rings is 1. The van der Waals surface area contributed by atoms with Gasteiger partial charge in [0, 0.05) is 34.9 Å². The topological polar surface area (TPSA) is 49.9 Å². The van der Waals surface area contributed by atoms with Crippen molar-refractivity contribution in [2.24, 2.45) is 0 Å². The van der Waals surface area contributed by atoms with Crippen LogP contribution in [-0.2, 0) is 0 Å². The molecule has 4 nitrogen and oxygen atoms in total. The normalized spacial score (nSPS) is 12.5. The van der Waals surface area contributed by atoms with Crippen LogP contribution in [0, 0.1) is 0 Å². The van der Waals surface area contributed by atoms with Crippen LogP contribution in [0.3, 0.4) is 0 Å². The maximum atomic E-state index is 5.56. The van der Waals surface area contributed by atoms with Gasteiger partial charge in [-0.2, -0.15) is 0 Å². The summed E-state index contributed by atoms with van der Waals surface area (Å²) in [5.74, 6) is 1.14. The first-order valence-electron chi connectivity index (χ1n) is 7.54. The van der Waals surface area contributed by atoms with E-state index < -0.39 is 0 Å². The quantitative estimate of drug-likeness (QED) is 0.733. The second-order valence-electron chi connectivity index (χ2n) is 5.33. The lowest BCUT2D eigenvalue weighted by molar-refractivity contribution is 0.419. The first-order valence-corrected chi connectivity index (χ1v) is 7.54. The van der Waals surface area contributed by atoms with Gasteiger partial charge in [-0.15, -0.1) is 0 Å². The number of hydrogen-bond acceptors (Lipinski definition) is 3. The highest BCUT2D eigenvalue weighted by molar-refractivity contribution is 5.90. The zero-order valence-corrected chi connectivity index (χ0v) is 13.0. The summed E-state index contributed by atoms with van der Waals surface area (Å²) in [4.78, 5) is 7.93. The molecule has 1 unspecified atom stereocenters. The van der Waals surface area contributed by atoms with Crippen LogP contribution >= 0.6 is 0 Å². The van der Waals surface area contributed by atoms with E-state index in [1.807, 2.05) is 37.5 Å². The Morgan fingerprint density at radius 2 is 2.14 bits per heavy atom. The molecule has 2 N–H and O–H groups in total. The van der Waals surface area contributed by atoms with E-state index in [4.69, 9.17) is 4.74 Å². The molecular formula is C18H21N3O. The van der Waals surface area contributed by atoms with E-state index in [0.717, 1.165) is 35.3 Å². The average molecular weight is 295 g/mol. The summed E-state index contributed by atoms with van der Waals surface area (Å²) in [6, 6.07) is 12.2. The summed E-state index contributed by atoms with van der Waals surface area (Å²) in [7, 11) is 3.69. The lowest BCUT2D eigenvalue weighted by Crippen LogP contribution is -2.13. The summed E-state index contributed by atoms with van der Waals surface area (Å²) >= 11 is 0. The standard InChI is InChI=1S/C18H21N3O/c1-19-11-9-13(15-6-3-4-10-20-15)14-12-21-16-7-5-8-17(22-2)18(14)16/h3-8,10,12-13,19,21H,9,11H2,1-2H3. The van der Waals surface area contributed by atoms with Crippen LogP contribution in [-0.4, -0.2) is 30.7 Å². The number of H-pyrrole nitrogens is 1. The average Bonchev–Trinajstić information content (AvgIpc) is 3.00. The Balaban J connectivity index is 2.12. The minimum atomic E-state index is 0.235. The SMILES string of the molecule is CNCCC(c1ccccn1)c1c[nH]c2cccc(OC)c12. The van der Waals surface area contributed by atoms with E-state index in [1.54, 1.807) is 7.11 Å². The Bertz CT molecular complexity index is 736. The van der Waals surface area contributed by atoms with Crippen LogP contribution in [0.2, 0.25) is 0 Å². The number of hydrogen-bond donors (Lipinski definition) is 2. The number of fused-ring (bicyclic) bond motifs is 1. The van der Waals surface area contributed by atoms with Gasteiger partial charge >= 0.3 is 0 Å². The molecule has 1 atom stereocenters. The number of benzene rings is 1. The fourth-order valence-corrected chi connectivity index (χ4v) is 2.96. The van der Waals surface area contributed by atoms with Gasteiger partial charge in [0.25, 0.3) is 0 Å². The van der Waals surface area contributed by atoms with Gasteiger partial charge in [-0.1, -0.05) is 12.1 Å². The van der Waals surface area contributed by atoms with Gasteiger partial charge in [0.2, 0.25) is 0 Å². The Hall–Kier alpha value is -2.33. The minimum Gasteiger partial charge on any atom is -0.496 e. The van der Waals surface area contributed by atoms with Gasteiger partial charge in [-0.05, 0) is 49.8 Å². The number of nitrogens with one attached hydrogen (secondary N) is 2. The molecule has 114 valence electrons. The van der Waals surface area contributed by atoms with Crippen LogP contribution in [0.5, 0.6) is 5.75 Å². The summed E-state index contributed by atoms with van der Waals surface area (Å²) in [5, 5.41) is 4.39. The monoisotopic (exact) mass is 295 g/mol. The second-order valence-corrected chi connectivity index (χ2v) is 5.33. The van der Waals surface area contributed by atoms with Gasteiger partial charge in [-0.25, -0.2) is 0 Å². The zero-order chi connectivity index (χ0) is 15.4. The molecule has 0 aliphatic heterocycles. The molecule has 3 rings (SSSR count). The zero-order valence-electron chi connectivity index (χ0n) is 13.0. The third-order valence-corrected chi connectivity index (χ3v) is 4.02. The van der Waals surface area contributed by atoms with E-state index in [9.17, 15) is 0 Å². The lowest BCUT2D eigenvalue weighted by atomic mass is 9.91. The van der Waals surface area contributed by atoms with Crippen molar-refractivity contribution >= 4 is 10.9 Å². The highest BCUT2D eigenvalue weighted by Crippen LogP contribution is 2.36. The van der Waals surface area contributed by atoms with Crippen LogP contribution in [0.15, 0.2) is 48.8 Å². The van der Waals surface area contributed by atoms with Crippen molar-refractivity contribution < 1.29 is 4.74 Å². The summed E-state index contributed by atoms with van der Waals surface area (Å²) in [6.07, 6.45) is 4.93. The third-order valence-electron chi connectivity index (χ3n) is 4.02. The van der Waals surface area contributed by atoms with Gasteiger partial charge in [-0.3, -0.25) is 4.98 Å². The Kier molecular flexibility index (Phi) is 4.39. The van der Waals surface area contributed by atoms with Crippen LogP contribution in [0.25, 0.3) is 10.9 Å². The molecule has 0 aliphatic carbocycles. The molecule has 0 bridgehead atoms. The number of aromatic amines is 1. The molecule has 22 heavy (non-hydrogen) atoms. The van der Waals surface area contributed by atoms with Crippen molar-refractivity contribution in [2.45, 2.75) is 12.3 Å². The number of nitrogens with zero attached hydrogens (tertiary/aromatic N) is 1. The molecule has 3 aromatic rings. The Morgan fingerprint density at radius 1 is 1.23 bits per heavy atom. The Labute approximate surface area is 130 Å². The van der Waals surface area contributed by atoms with Crippen molar-refractivity contribution in [1.29, 1.82) is 0 Å². The maximum Gasteiger partial charge on any atom is 0.128 e. The van der Waals surface area contributed by atoms with E-state index in [1.165, 1.54) is 5.56 Å². The molecule has 0 spiro atoms. The van der Waals surface area contributed by atoms with Gasteiger partial charge in [0.15, 0.2) is 0 Å². The van der Waals surface area contributed by atoms with E-state index in [0.29, 0.717) is 0 Å². The smallest absolute Gasteiger partial charge is 0.128 e. The number of ether oxygens (including phenoxy) is 1. The van der Waals surface area contributed by atoms with Crippen LogP contribution < -0.4 is 10.1 Å². The summed E-state index contributed by atoms with van der Waals surface area (Å²) in [6.45, 7) is 0.934. The maximum absolute atomic E-state index is 5.56. The van der Waals surface area contributed by atoms with Crippen molar-refractivity contribution in [3.63, 3.8) is 0 Å². The molecule has 0 saturated carbocycles. The van der Waals surface area contributed by atoms with Gasteiger partial charge < -0.3 is 15.0 Å². The highest BCUT2D eigenvalue weighted by atomic mass is 16.5. The fourth-order valence-electron chi connectivity index (χ4n) is 2.96. The minimum absolute atomic E-state index is 0.235. The van der Waals surface area contributed by atoms with Gasteiger partial charge in [0.05, 0.1) is 7.11 Å². The second kappa shape index (κ2) is 6.62. The molecule has 1 aromatic carbocycles. The number of rotatable bonds is 6. The van der Waals surface area contributed by atoms with Crippen molar-refractivity contribution in [1.82, 2.24) is 15.3 Å². The van der Waals surface area contributed by atoms with Crippen LogP contribution in [0.4, 0.5) is 0 Å². The summed E-state index contributed by atoms with van der Waals surface area (Å²) in [5.41, 5.74) is 3.42. The molecule has 0 saturated heterocycles. The molecule has 2 aromatic heterocycles. The van der Waals surface area contributed by atoms with Crippen LogP contribution in [0.1, 0.15) is 23.6 Å². The largest absolute Gasteiger partial charge is 0.496 e. The molecule has 0 amide bonds.